The number of aryl methyl sites for hydroxylation is 1. The number of H-pyrrole nitrogens is 1. The van der Waals surface area contributed by atoms with Crippen LogP contribution in [0.4, 0.5) is 0 Å². The number of hydrogen-bond acceptors (Lipinski definition) is 5. The van der Waals surface area contributed by atoms with E-state index in [4.69, 9.17) is 4.55 Å². The minimum atomic E-state index is -3.92. The molecule has 0 aliphatic carbocycles. The average Bonchev–Trinajstić information content (AvgIpc) is 2.32. The molecular formula is C3H6N4NaO3S+. The normalized spacial score (nSPS) is 10.8. The van der Waals surface area contributed by atoms with Crippen LogP contribution in [0, 0.1) is 0 Å². The van der Waals surface area contributed by atoms with Crippen LogP contribution in [0.1, 0.15) is 5.82 Å². The Morgan fingerprint density at radius 2 is 2.17 bits per heavy atom. The van der Waals surface area contributed by atoms with Crippen molar-refractivity contribution in [3.63, 3.8) is 0 Å². The largest absolute Gasteiger partial charge is 1.00 e. The summed E-state index contributed by atoms with van der Waals surface area (Å²) in [6.45, 7) is 0. The Kier molecular flexibility index (Phi) is 4.87. The molecule has 0 spiro atoms. The first-order valence-electron chi connectivity index (χ1n) is 2.75. The molecule has 0 bridgehead atoms. The third kappa shape index (κ3) is 4.78. The maximum atomic E-state index is 10.2. The molecule has 1 rings (SSSR count). The zero-order valence-corrected chi connectivity index (χ0v) is 9.24. The topological polar surface area (TPSA) is 109 Å². The third-order valence-electron chi connectivity index (χ3n) is 0.973. The van der Waals surface area contributed by atoms with Crippen molar-refractivity contribution in [2.24, 2.45) is 0 Å². The second-order valence-corrected chi connectivity index (χ2v) is 3.44. The van der Waals surface area contributed by atoms with Gasteiger partial charge in [-0.25, -0.2) is 0 Å². The summed E-state index contributed by atoms with van der Waals surface area (Å²) in [6, 6.07) is 0. The van der Waals surface area contributed by atoms with Gasteiger partial charge >= 0.3 is 29.6 Å². The molecule has 0 aliphatic heterocycles. The van der Waals surface area contributed by atoms with Crippen molar-refractivity contribution in [1.82, 2.24) is 20.6 Å². The summed E-state index contributed by atoms with van der Waals surface area (Å²) in [5, 5.41) is 12.4. The number of hydrogen-bond donors (Lipinski definition) is 2. The van der Waals surface area contributed by atoms with E-state index in [1.807, 2.05) is 0 Å². The van der Waals surface area contributed by atoms with Gasteiger partial charge in [-0.15, -0.1) is 10.2 Å². The van der Waals surface area contributed by atoms with Gasteiger partial charge in [0.05, 0.1) is 5.75 Å². The maximum Gasteiger partial charge on any atom is 1.00 e. The molecule has 0 saturated carbocycles. The first-order valence-corrected chi connectivity index (χ1v) is 4.36. The minimum absolute atomic E-state index is 0. The van der Waals surface area contributed by atoms with Crippen LogP contribution in [0.15, 0.2) is 0 Å². The number of tetrazole rings is 1. The van der Waals surface area contributed by atoms with Crippen LogP contribution in [-0.2, 0) is 16.5 Å². The van der Waals surface area contributed by atoms with E-state index in [-0.39, 0.29) is 47.6 Å². The molecule has 0 atom stereocenters. The molecule has 62 valence electrons. The molecule has 1 aromatic rings. The zero-order valence-electron chi connectivity index (χ0n) is 6.43. The summed E-state index contributed by atoms with van der Waals surface area (Å²) in [5.74, 6) is -0.116. The second-order valence-electron chi connectivity index (χ2n) is 1.86. The van der Waals surface area contributed by atoms with Gasteiger partial charge in [-0.3, -0.25) is 4.55 Å². The molecule has 1 aromatic heterocycles. The van der Waals surface area contributed by atoms with Crippen LogP contribution in [-0.4, -0.2) is 39.3 Å². The predicted octanol–water partition coefficient (Wildman–Crippen LogP) is -4.37. The van der Waals surface area contributed by atoms with Gasteiger partial charge in [0, 0.05) is 6.42 Å². The molecule has 0 saturated heterocycles. The van der Waals surface area contributed by atoms with Crippen LogP contribution in [0.25, 0.3) is 0 Å². The quantitative estimate of drug-likeness (QED) is 0.378. The van der Waals surface area contributed by atoms with Gasteiger partial charge in [-0.05, 0) is 0 Å². The molecule has 9 heteroatoms. The first-order chi connectivity index (χ1) is 5.08. The maximum absolute atomic E-state index is 10.2. The molecule has 0 aromatic carbocycles. The van der Waals surface area contributed by atoms with Crippen molar-refractivity contribution in [1.29, 1.82) is 0 Å². The Hall–Kier alpha value is -0.0200. The predicted molar refractivity (Wildman–Crippen MR) is 34.3 cm³/mol. The molecule has 0 aliphatic rings. The molecule has 0 radical (unpaired) electrons. The summed E-state index contributed by atoms with van der Waals surface area (Å²) in [4.78, 5) is 0. The Bertz CT molecular complexity index is 308. The van der Waals surface area contributed by atoms with Crippen molar-refractivity contribution in [2.75, 3.05) is 5.75 Å². The third-order valence-corrected chi connectivity index (χ3v) is 1.69. The van der Waals surface area contributed by atoms with E-state index >= 15 is 0 Å². The fourth-order valence-corrected chi connectivity index (χ4v) is 0.949. The van der Waals surface area contributed by atoms with Crippen molar-refractivity contribution < 1.29 is 42.5 Å². The fourth-order valence-electron chi connectivity index (χ4n) is 0.509. The second kappa shape index (κ2) is 4.87. The summed E-state index contributed by atoms with van der Waals surface area (Å²) in [7, 11) is -3.92. The molecule has 0 fully saturated rings. The molecule has 0 unspecified atom stereocenters. The number of nitrogens with zero attached hydrogens (tertiary/aromatic N) is 3. The smallest absolute Gasteiger partial charge is 0.286 e. The Morgan fingerprint density at radius 3 is 2.58 bits per heavy atom. The van der Waals surface area contributed by atoms with Gasteiger partial charge in [-0.1, -0.05) is 5.21 Å². The summed E-state index contributed by atoms with van der Waals surface area (Å²) in [5.41, 5.74) is 0. The van der Waals surface area contributed by atoms with Gasteiger partial charge in [0.2, 0.25) is 0 Å². The van der Waals surface area contributed by atoms with Crippen LogP contribution < -0.4 is 29.6 Å². The van der Waals surface area contributed by atoms with Gasteiger partial charge in [0.1, 0.15) is 0 Å². The molecule has 7 nitrogen and oxygen atoms in total. The van der Waals surface area contributed by atoms with Crippen LogP contribution >= 0.6 is 0 Å². The van der Waals surface area contributed by atoms with Gasteiger partial charge in [-0.2, -0.15) is 13.6 Å². The molecule has 2 N–H and O–H groups in total. The Labute approximate surface area is 91.0 Å². The van der Waals surface area contributed by atoms with E-state index in [9.17, 15) is 8.42 Å². The van der Waals surface area contributed by atoms with Crippen LogP contribution in [0.5, 0.6) is 0 Å². The van der Waals surface area contributed by atoms with Crippen LogP contribution in [0.2, 0.25) is 0 Å². The SMILES string of the molecule is O=S(=O)(O)CCc1nn[nH]n1.[Na+]. The van der Waals surface area contributed by atoms with Gasteiger partial charge in [0.25, 0.3) is 10.1 Å². The zero-order chi connectivity index (χ0) is 8.32. The van der Waals surface area contributed by atoms with E-state index < -0.39 is 10.1 Å². The number of aromatic amines is 1. The number of nitrogens with one attached hydrogen (secondary N) is 1. The fraction of sp³-hybridized carbons (Fsp3) is 0.667. The van der Waals surface area contributed by atoms with Crippen molar-refractivity contribution in [2.45, 2.75) is 6.42 Å². The minimum Gasteiger partial charge on any atom is -0.286 e. The van der Waals surface area contributed by atoms with Crippen molar-refractivity contribution in [3.8, 4) is 0 Å². The van der Waals surface area contributed by atoms with E-state index in [0.717, 1.165) is 0 Å². The van der Waals surface area contributed by atoms with Crippen molar-refractivity contribution in [3.05, 3.63) is 5.82 Å². The first kappa shape index (κ1) is 12.0. The summed E-state index contributed by atoms with van der Waals surface area (Å²) in [6.07, 6.45) is 0.0648. The van der Waals surface area contributed by atoms with E-state index in [2.05, 4.69) is 20.6 Å². The van der Waals surface area contributed by atoms with E-state index in [1.165, 1.54) is 0 Å². The number of rotatable bonds is 3. The average molecular weight is 201 g/mol. The monoisotopic (exact) mass is 201 g/mol. The van der Waals surface area contributed by atoms with E-state index in [1.54, 1.807) is 0 Å². The van der Waals surface area contributed by atoms with Crippen molar-refractivity contribution >= 4 is 10.1 Å². The Balaban J connectivity index is 0.00000121. The molecule has 0 amide bonds. The summed E-state index contributed by atoms with van der Waals surface area (Å²) < 4.78 is 28.7. The molecular weight excluding hydrogens is 195 g/mol. The van der Waals surface area contributed by atoms with Crippen LogP contribution in [0.3, 0.4) is 0 Å². The van der Waals surface area contributed by atoms with E-state index in [0.29, 0.717) is 0 Å². The van der Waals surface area contributed by atoms with Gasteiger partial charge < -0.3 is 0 Å². The van der Waals surface area contributed by atoms with Gasteiger partial charge in [0.15, 0.2) is 5.82 Å². The Morgan fingerprint density at radius 1 is 1.50 bits per heavy atom. The molecule has 12 heavy (non-hydrogen) atoms. The molecule has 1 heterocycles. The standard InChI is InChI=1S/C3H6N4O3S.Na/c8-11(9,10)2-1-3-4-6-7-5-3;/h1-2H2,(H,8,9,10)(H,4,5,6,7);/q;+1. The summed E-state index contributed by atoms with van der Waals surface area (Å²) >= 11 is 0. The number of aromatic nitrogens is 4.